The number of rotatable bonds is 17. The van der Waals surface area contributed by atoms with E-state index in [4.69, 9.17) is 14.2 Å². The highest BCUT2D eigenvalue weighted by atomic mass is 16.9. The molecule has 176 valence electrons. The maximum atomic E-state index is 6.67. The quantitative estimate of drug-likeness (QED) is 0.176. The normalized spacial score (nSPS) is 18.8. The van der Waals surface area contributed by atoms with Crippen molar-refractivity contribution in [2.24, 2.45) is 11.3 Å². The molecule has 0 fully saturated rings. The number of unbranched alkanes of at least 4 members (excludes halogenated alkanes) is 5. The largest absolute Gasteiger partial charge is 0.324 e. The van der Waals surface area contributed by atoms with Crippen LogP contribution in [-0.2, 0) is 14.2 Å². The molecule has 0 aromatic rings. The summed E-state index contributed by atoms with van der Waals surface area (Å²) in [6, 6.07) is 0. The van der Waals surface area contributed by atoms with E-state index in [0.717, 1.165) is 25.7 Å². The lowest BCUT2D eigenvalue weighted by atomic mass is 9.75. The zero-order valence-corrected chi connectivity index (χ0v) is 21.6. The molecule has 4 unspecified atom stereocenters. The summed E-state index contributed by atoms with van der Waals surface area (Å²) in [7, 11) is 0. The Morgan fingerprint density at radius 3 is 1.31 bits per heavy atom. The van der Waals surface area contributed by atoms with Crippen LogP contribution in [0.1, 0.15) is 133 Å². The summed E-state index contributed by atoms with van der Waals surface area (Å²) >= 11 is 0. The van der Waals surface area contributed by atoms with Gasteiger partial charge in [0.05, 0.1) is 18.3 Å². The standard InChI is InChI=1S/C26H54O3/c1-11-15-16-17-18-19-20-24(25(8,9)10)26(27-21(5)12-2,28-22(6)13-3)29-23(7)14-4/h21-24H,11-20H2,1-10H3. The minimum Gasteiger partial charge on any atom is -0.324 e. The van der Waals surface area contributed by atoms with Crippen LogP contribution >= 0.6 is 0 Å². The van der Waals surface area contributed by atoms with Gasteiger partial charge in [0.1, 0.15) is 0 Å². The van der Waals surface area contributed by atoms with E-state index in [9.17, 15) is 0 Å². The van der Waals surface area contributed by atoms with Crippen molar-refractivity contribution in [3.63, 3.8) is 0 Å². The molecule has 0 aromatic carbocycles. The molecule has 0 radical (unpaired) electrons. The third-order valence-corrected chi connectivity index (χ3v) is 6.14. The highest BCUT2D eigenvalue weighted by molar-refractivity contribution is 4.85. The Hall–Kier alpha value is -0.120. The Morgan fingerprint density at radius 2 is 0.966 bits per heavy atom. The van der Waals surface area contributed by atoms with Crippen LogP contribution in [0.4, 0.5) is 0 Å². The topological polar surface area (TPSA) is 27.7 Å². The first-order valence-electron chi connectivity index (χ1n) is 12.6. The van der Waals surface area contributed by atoms with Crippen molar-refractivity contribution in [1.29, 1.82) is 0 Å². The maximum absolute atomic E-state index is 6.67. The van der Waals surface area contributed by atoms with Crippen LogP contribution in [0.5, 0.6) is 0 Å². The fourth-order valence-corrected chi connectivity index (χ4v) is 3.69. The van der Waals surface area contributed by atoms with Crippen LogP contribution in [0.15, 0.2) is 0 Å². The van der Waals surface area contributed by atoms with Gasteiger partial charge in [0, 0.05) is 5.92 Å². The smallest absolute Gasteiger partial charge is 0.287 e. The van der Waals surface area contributed by atoms with Gasteiger partial charge in [-0.25, -0.2) is 0 Å². The predicted molar refractivity (Wildman–Crippen MR) is 126 cm³/mol. The Bertz CT molecular complexity index is 357. The summed E-state index contributed by atoms with van der Waals surface area (Å²) in [5, 5.41) is 0. The van der Waals surface area contributed by atoms with Gasteiger partial charge in [0.2, 0.25) is 0 Å². The SMILES string of the molecule is CCCCCCCCC(C(C)(C)C)C(OC(C)CC)(OC(C)CC)OC(C)CC. The molecule has 4 atom stereocenters. The van der Waals surface area contributed by atoms with Crippen LogP contribution in [0.3, 0.4) is 0 Å². The van der Waals surface area contributed by atoms with Gasteiger partial charge < -0.3 is 14.2 Å². The summed E-state index contributed by atoms with van der Waals surface area (Å²) in [6.45, 7) is 22.1. The number of ether oxygens (including phenoxy) is 3. The fourth-order valence-electron chi connectivity index (χ4n) is 3.69. The first kappa shape index (κ1) is 28.9. The molecule has 0 aliphatic rings. The summed E-state index contributed by atoms with van der Waals surface area (Å²) < 4.78 is 20.0. The molecule has 0 saturated heterocycles. The van der Waals surface area contributed by atoms with E-state index in [1.54, 1.807) is 0 Å². The van der Waals surface area contributed by atoms with Crippen LogP contribution in [-0.4, -0.2) is 24.3 Å². The molecule has 0 aliphatic heterocycles. The minimum atomic E-state index is -0.984. The lowest BCUT2D eigenvalue weighted by molar-refractivity contribution is -0.445. The molecule has 0 saturated carbocycles. The van der Waals surface area contributed by atoms with Gasteiger partial charge in [-0.2, -0.15) is 0 Å². The molecule has 0 N–H and O–H groups in total. The molecule has 0 aliphatic carbocycles. The Kier molecular flexibility index (Phi) is 14.7. The minimum absolute atomic E-state index is 0.0256. The third kappa shape index (κ3) is 11.2. The van der Waals surface area contributed by atoms with Gasteiger partial charge in [0.15, 0.2) is 0 Å². The van der Waals surface area contributed by atoms with E-state index in [1.165, 1.54) is 38.5 Å². The summed E-state index contributed by atoms with van der Waals surface area (Å²) in [5.41, 5.74) is 0.0256. The Labute approximate surface area is 183 Å². The van der Waals surface area contributed by atoms with E-state index >= 15 is 0 Å². The van der Waals surface area contributed by atoms with Crippen LogP contribution in [0, 0.1) is 11.3 Å². The van der Waals surface area contributed by atoms with Crippen molar-refractivity contribution in [2.45, 2.75) is 158 Å². The molecule has 0 heterocycles. The van der Waals surface area contributed by atoms with Gasteiger partial charge in [-0.15, -0.1) is 0 Å². The van der Waals surface area contributed by atoms with E-state index in [2.05, 4.69) is 69.2 Å². The second-order valence-electron chi connectivity index (χ2n) is 10.1. The predicted octanol–water partition coefficient (Wildman–Crippen LogP) is 8.50. The second-order valence-corrected chi connectivity index (χ2v) is 10.1. The maximum Gasteiger partial charge on any atom is 0.287 e. The number of hydrogen-bond donors (Lipinski definition) is 0. The zero-order chi connectivity index (χ0) is 22.5. The van der Waals surface area contributed by atoms with Gasteiger partial charge >= 0.3 is 0 Å². The molecule has 3 nitrogen and oxygen atoms in total. The summed E-state index contributed by atoms with van der Waals surface area (Å²) in [6.07, 6.45) is 12.0. The zero-order valence-electron chi connectivity index (χ0n) is 21.6. The lowest BCUT2D eigenvalue weighted by Gasteiger charge is -2.48. The molecule has 0 aromatic heterocycles. The molecule has 29 heavy (non-hydrogen) atoms. The van der Waals surface area contributed by atoms with Crippen LogP contribution in [0.2, 0.25) is 0 Å². The van der Waals surface area contributed by atoms with Crippen LogP contribution in [0.25, 0.3) is 0 Å². The molecule has 0 amide bonds. The van der Waals surface area contributed by atoms with E-state index in [1.807, 2.05) is 0 Å². The second kappa shape index (κ2) is 14.8. The summed E-state index contributed by atoms with van der Waals surface area (Å²) in [4.78, 5) is 0. The average Bonchev–Trinajstić information content (AvgIpc) is 2.65. The van der Waals surface area contributed by atoms with E-state index < -0.39 is 5.97 Å². The lowest BCUT2D eigenvalue weighted by Crippen LogP contribution is -2.55. The molecular weight excluding hydrogens is 360 g/mol. The van der Waals surface area contributed by atoms with Gasteiger partial charge in [0.25, 0.3) is 5.97 Å². The van der Waals surface area contributed by atoms with E-state index in [0.29, 0.717) is 0 Å². The van der Waals surface area contributed by atoms with Crippen molar-refractivity contribution < 1.29 is 14.2 Å². The monoisotopic (exact) mass is 414 g/mol. The molecule has 0 rings (SSSR count). The number of hydrogen-bond acceptors (Lipinski definition) is 3. The van der Waals surface area contributed by atoms with Crippen LogP contribution < -0.4 is 0 Å². The highest BCUT2D eigenvalue weighted by Crippen LogP contribution is 2.44. The van der Waals surface area contributed by atoms with Crippen molar-refractivity contribution in [1.82, 2.24) is 0 Å². The first-order valence-corrected chi connectivity index (χ1v) is 12.6. The Balaban J connectivity index is 5.74. The van der Waals surface area contributed by atoms with Crippen molar-refractivity contribution >= 4 is 0 Å². The van der Waals surface area contributed by atoms with E-state index in [-0.39, 0.29) is 29.6 Å². The highest BCUT2D eigenvalue weighted by Gasteiger charge is 2.50. The molecule has 0 bridgehead atoms. The van der Waals surface area contributed by atoms with Gasteiger partial charge in [-0.3, -0.25) is 0 Å². The third-order valence-electron chi connectivity index (χ3n) is 6.14. The molecule has 0 spiro atoms. The van der Waals surface area contributed by atoms with Crippen molar-refractivity contribution in [2.75, 3.05) is 0 Å². The first-order chi connectivity index (χ1) is 13.6. The summed E-state index contributed by atoms with van der Waals surface area (Å²) in [5.74, 6) is -0.805. The molecular formula is C26H54O3. The average molecular weight is 415 g/mol. The van der Waals surface area contributed by atoms with Gasteiger partial charge in [-0.05, 0) is 51.9 Å². The Morgan fingerprint density at radius 1 is 0.586 bits per heavy atom. The van der Waals surface area contributed by atoms with Crippen molar-refractivity contribution in [3.8, 4) is 0 Å². The fraction of sp³-hybridized carbons (Fsp3) is 1.00. The van der Waals surface area contributed by atoms with Gasteiger partial charge in [-0.1, -0.05) is 87.0 Å². The van der Waals surface area contributed by atoms with Crippen molar-refractivity contribution in [3.05, 3.63) is 0 Å². The molecule has 3 heteroatoms.